The van der Waals surface area contributed by atoms with Crippen LogP contribution in [0.25, 0.3) is 0 Å². The van der Waals surface area contributed by atoms with Crippen molar-refractivity contribution in [3.8, 4) is 0 Å². The molecule has 0 saturated heterocycles. The molecule has 0 atom stereocenters. The van der Waals surface area contributed by atoms with Crippen LogP contribution in [0.3, 0.4) is 0 Å². The number of halogens is 2. The molecule has 0 saturated carbocycles. The van der Waals surface area contributed by atoms with Gasteiger partial charge in [-0.1, -0.05) is 12.5 Å². The Hall–Kier alpha value is -0.783. The predicted molar refractivity (Wildman–Crippen MR) is 69.7 cm³/mol. The van der Waals surface area contributed by atoms with Gasteiger partial charge in [-0.2, -0.15) is 0 Å². The summed E-state index contributed by atoms with van der Waals surface area (Å²) in [4.78, 5) is 0. The molecule has 0 spiro atoms. The summed E-state index contributed by atoms with van der Waals surface area (Å²) in [6.07, 6.45) is 2.62. The molecule has 0 radical (unpaired) electrons. The summed E-state index contributed by atoms with van der Waals surface area (Å²) in [5, 5.41) is 0. The Balaban J connectivity index is 2.36. The van der Waals surface area contributed by atoms with Crippen molar-refractivity contribution in [3.05, 3.63) is 35.4 Å². The first-order valence-electron chi connectivity index (χ1n) is 6.05. The lowest BCUT2D eigenvalue weighted by atomic mass is 10.1. The molecule has 0 unspecified atom stereocenters. The number of unbranched alkanes of at least 4 members (excludes halogenated alkanes) is 1. The van der Waals surface area contributed by atoms with Crippen molar-refractivity contribution in [3.63, 3.8) is 0 Å². The zero-order valence-electron chi connectivity index (χ0n) is 11.1. The maximum absolute atomic E-state index is 13.0. The number of hydrogen-bond donors (Lipinski definition) is 0. The third kappa shape index (κ3) is 4.47. The molecule has 0 fully saturated rings. The first kappa shape index (κ1) is 15.3. The SMILES string of the molecule is CO[Si](C)(CCCCc1ccc(F)c(F)c1)OC. The summed E-state index contributed by atoms with van der Waals surface area (Å²) in [6, 6.07) is 4.97. The van der Waals surface area contributed by atoms with Crippen LogP contribution in [0.1, 0.15) is 18.4 Å². The van der Waals surface area contributed by atoms with Crippen LogP contribution in [0.15, 0.2) is 18.2 Å². The van der Waals surface area contributed by atoms with Crippen LogP contribution < -0.4 is 0 Å². The number of hydrogen-bond acceptors (Lipinski definition) is 2. The highest BCUT2D eigenvalue weighted by atomic mass is 28.4. The van der Waals surface area contributed by atoms with Crippen molar-refractivity contribution in [1.82, 2.24) is 0 Å². The van der Waals surface area contributed by atoms with Crippen molar-refractivity contribution in [2.75, 3.05) is 14.2 Å². The summed E-state index contributed by atoms with van der Waals surface area (Å²) in [7, 11) is 1.35. The molecule has 102 valence electrons. The van der Waals surface area contributed by atoms with E-state index in [0.29, 0.717) is 0 Å². The van der Waals surface area contributed by atoms with Crippen LogP contribution in [0, 0.1) is 11.6 Å². The van der Waals surface area contributed by atoms with Gasteiger partial charge in [0.25, 0.3) is 0 Å². The average molecular weight is 274 g/mol. The smallest absolute Gasteiger partial charge is 0.334 e. The van der Waals surface area contributed by atoms with Crippen LogP contribution >= 0.6 is 0 Å². The van der Waals surface area contributed by atoms with Gasteiger partial charge < -0.3 is 8.85 Å². The van der Waals surface area contributed by atoms with Gasteiger partial charge in [-0.25, -0.2) is 8.78 Å². The molecule has 0 aliphatic carbocycles. The first-order valence-corrected chi connectivity index (χ1v) is 8.57. The monoisotopic (exact) mass is 274 g/mol. The fourth-order valence-electron chi connectivity index (χ4n) is 1.76. The van der Waals surface area contributed by atoms with E-state index in [2.05, 4.69) is 0 Å². The van der Waals surface area contributed by atoms with Gasteiger partial charge in [0, 0.05) is 14.2 Å². The van der Waals surface area contributed by atoms with E-state index in [9.17, 15) is 8.78 Å². The third-order valence-corrected chi connectivity index (χ3v) is 6.18. The van der Waals surface area contributed by atoms with E-state index in [1.54, 1.807) is 20.3 Å². The zero-order chi connectivity index (χ0) is 13.6. The van der Waals surface area contributed by atoms with E-state index in [1.165, 1.54) is 12.1 Å². The second kappa shape index (κ2) is 6.97. The van der Waals surface area contributed by atoms with Gasteiger partial charge >= 0.3 is 8.56 Å². The van der Waals surface area contributed by atoms with E-state index in [4.69, 9.17) is 8.85 Å². The highest BCUT2D eigenvalue weighted by Gasteiger charge is 2.27. The molecule has 18 heavy (non-hydrogen) atoms. The standard InChI is InChI=1S/C13H20F2O2Si/c1-16-18(3,17-2)9-5-4-6-11-7-8-12(14)13(15)10-11/h7-8,10H,4-6,9H2,1-3H3. The van der Waals surface area contributed by atoms with E-state index in [0.717, 1.165) is 30.9 Å². The van der Waals surface area contributed by atoms with Crippen LogP contribution in [-0.4, -0.2) is 22.8 Å². The lowest BCUT2D eigenvalue weighted by Gasteiger charge is -2.22. The topological polar surface area (TPSA) is 18.5 Å². The number of rotatable bonds is 7. The molecular formula is C13H20F2O2Si. The minimum absolute atomic E-state index is 0.745. The van der Waals surface area contributed by atoms with Crippen molar-refractivity contribution < 1.29 is 17.6 Å². The lowest BCUT2D eigenvalue weighted by Crippen LogP contribution is -2.35. The molecular weight excluding hydrogens is 254 g/mol. The van der Waals surface area contributed by atoms with Gasteiger partial charge in [0.05, 0.1) is 0 Å². The molecule has 0 N–H and O–H groups in total. The van der Waals surface area contributed by atoms with E-state index >= 15 is 0 Å². The lowest BCUT2D eigenvalue weighted by molar-refractivity contribution is 0.248. The van der Waals surface area contributed by atoms with Gasteiger partial charge in [0.2, 0.25) is 0 Å². The van der Waals surface area contributed by atoms with E-state index < -0.39 is 20.2 Å². The molecule has 0 aliphatic rings. The largest absolute Gasteiger partial charge is 0.398 e. The molecule has 1 rings (SSSR count). The molecule has 0 amide bonds. The minimum Gasteiger partial charge on any atom is -0.398 e. The van der Waals surface area contributed by atoms with Crippen LogP contribution in [0.2, 0.25) is 12.6 Å². The van der Waals surface area contributed by atoms with Crippen molar-refractivity contribution in [2.24, 2.45) is 0 Å². The summed E-state index contributed by atoms with van der Waals surface area (Å²) in [5.41, 5.74) is 0.826. The zero-order valence-corrected chi connectivity index (χ0v) is 12.1. The molecule has 1 aromatic rings. The predicted octanol–water partition coefficient (Wildman–Crippen LogP) is 3.65. The quantitative estimate of drug-likeness (QED) is 0.558. The summed E-state index contributed by atoms with van der Waals surface area (Å²) in [5.74, 6) is -1.57. The van der Waals surface area contributed by atoms with Gasteiger partial charge in [0.15, 0.2) is 11.6 Å². The number of benzene rings is 1. The molecule has 0 aliphatic heterocycles. The maximum atomic E-state index is 13.0. The Kier molecular flexibility index (Phi) is 5.91. The average Bonchev–Trinajstić information content (AvgIpc) is 2.38. The van der Waals surface area contributed by atoms with Gasteiger partial charge in [-0.3, -0.25) is 0 Å². The molecule has 1 aromatic carbocycles. The Morgan fingerprint density at radius 3 is 2.28 bits per heavy atom. The molecule has 0 bridgehead atoms. The van der Waals surface area contributed by atoms with Crippen LogP contribution in [-0.2, 0) is 15.3 Å². The Morgan fingerprint density at radius 2 is 1.72 bits per heavy atom. The van der Waals surface area contributed by atoms with Crippen molar-refractivity contribution >= 4 is 8.56 Å². The second-order valence-corrected chi connectivity index (χ2v) is 8.08. The Bertz CT molecular complexity index is 381. The van der Waals surface area contributed by atoms with Crippen molar-refractivity contribution in [2.45, 2.75) is 31.9 Å². The third-order valence-electron chi connectivity index (χ3n) is 3.19. The minimum atomic E-state index is -1.99. The fraction of sp³-hybridized carbons (Fsp3) is 0.538. The van der Waals surface area contributed by atoms with Gasteiger partial charge in [0.1, 0.15) is 0 Å². The second-order valence-electron chi connectivity index (χ2n) is 4.50. The Morgan fingerprint density at radius 1 is 1.06 bits per heavy atom. The summed E-state index contributed by atoms with van der Waals surface area (Å²) in [6.45, 7) is 2.02. The highest BCUT2D eigenvalue weighted by molar-refractivity contribution is 6.65. The van der Waals surface area contributed by atoms with Crippen molar-refractivity contribution in [1.29, 1.82) is 0 Å². The summed E-state index contributed by atoms with van der Waals surface area (Å²) >= 11 is 0. The normalized spacial score (nSPS) is 11.8. The fourth-order valence-corrected chi connectivity index (χ4v) is 3.22. The van der Waals surface area contributed by atoms with Gasteiger partial charge in [-0.05, 0) is 43.1 Å². The molecule has 0 heterocycles. The van der Waals surface area contributed by atoms with E-state index in [1.807, 2.05) is 6.55 Å². The van der Waals surface area contributed by atoms with Crippen LogP contribution in [0.4, 0.5) is 8.78 Å². The molecule has 2 nitrogen and oxygen atoms in total. The summed E-state index contributed by atoms with van der Waals surface area (Å²) < 4.78 is 36.5. The highest BCUT2D eigenvalue weighted by Crippen LogP contribution is 2.17. The van der Waals surface area contributed by atoms with Crippen LogP contribution in [0.5, 0.6) is 0 Å². The van der Waals surface area contributed by atoms with Gasteiger partial charge in [-0.15, -0.1) is 0 Å². The molecule has 5 heteroatoms. The number of aryl methyl sites for hydroxylation is 1. The van der Waals surface area contributed by atoms with E-state index in [-0.39, 0.29) is 0 Å². The Labute approximate surface area is 108 Å². The first-order chi connectivity index (χ1) is 8.50. The maximum Gasteiger partial charge on any atom is 0.334 e. The molecule has 0 aromatic heterocycles.